The van der Waals surface area contributed by atoms with Gasteiger partial charge in [0.2, 0.25) is 5.91 Å². The number of carbonyl (C=O) groups excluding carboxylic acids is 1. The zero-order valence-electron chi connectivity index (χ0n) is 12.5. The first kappa shape index (κ1) is 15.5. The summed E-state index contributed by atoms with van der Waals surface area (Å²) in [6, 6.07) is 4.31. The minimum absolute atomic E-state index is 0.106. The third kappa shape index (κ3) is 4.57. The van der Waals surface area contributed by atoms with Gasteiger partial charge in [0.05, 0.1) is 19.2 Å². The van der Waals surface area contributed by atoms with Crippen LogP contribution in [0.5, 0.6) is 0 Å². The zero-order chi connectivity index (χ0) is 15.1. The van der Waals surface area contributed by atoms with Crippen LogP contribution in [0.15, 0.2) is 18.5 Å². The lowest BCUT2D eigenvalue weighted by Gasteiger charge is -2.31. The molecule has 0 bridgehead atoms. The lowest BCUT2D eigenvalue weighted by molar-refractivity contribution is -0.122. The predicted molar refractivity (Wildman–Crippen MR) is 79.3 cm³/mol. The molecule has 1 saturated carbocycles. The second-order valence-corrected chi connectivity index (χ2v) is 5.81. The Bertz CT molecular complexity index is 485. The average molecular weight is 289 g/mol. The Morgan fingerprint density at radius 3 is 2.86 bits per heavy atom. The van der Waals surface area contributed by atoms with Gasteiger partial charge >= 0.3 is 0 Å². The van der Waals surface area contributed by atoms with E-state index in [2.05, 4.69) is 21.8 Å². The van der Waals surface area contributed by atoms with Gasteiger partial charge in [0.15, 0.2) is 0 Å². The Labute approximate surface area is 125 Å². The van der Waals surface area contributed by atoms with Gasteiger partial charge in [0.1, 0.15) is 5.54 Å². The first-order valence-electron chi connectivity index (χ1n) is 7.57. The maximum atomic E-state index is 12.0. The average Bonchev–Trinajstić information content (AvgIpc) is 2.99. The van der Waals surface area contributed by atoms with Crippen LogP contribution in [0.3, 0.4) is 0 Å². The molecule has 0 saturated heterocycles. The van der Waals surface area contributed by atoms with E-state index >= 15 is 0 Å². The standard InChI is InChI=1S/C15H23N5O/c1-13(11-20-9-5-8-18-20)17-10-14(21)19-15(12-16)6-3-2-4-7-15/h5,8-9,13,17H,2-4,6-7,10-11H2,1H3,(H,19,21)/t13-/m1/s1. The summed E-state index contributed by atoms with van der Waals surface area (Å²) in [7, 11) is 0. The van der Waals surface area contributed by atoms with Crippen LogP contribution in [-0.2, 0) is 11.3 Å². The molecule has 1 aromatic rings. The van der Waals surface area contributed by atoms with Gasteiger partial charge in [-0.25, -0.2) is 0 Å². The minimum atomic E-state index is -0.651. The number of amides is 1. The molecular weight excluding hydrogens is 266 g/mol. The number of nitrogens with one attached hydrogen (secondary N) is 2. The molecule has 6 nitrogen and oxygen atoms in total. The molecule has 1 aromatic heterocycles. The van der Waals surface area contributed by atoms with Crippen molar-refractivity contribution in [1.82, 2.24) is 20.4 Å². The first-order chi connectivity index (χ1) is 10.1. The van der Waals surface area contributed by atoms with E-state index < -0.39 is 5.54 Å². The quantitative estimate of drug-likeness (QED) is 0.824. The van der Waals surface area contributed by atoms with Gasteiger partial charge in [-0.05, 0) is 25.8 Å². The Kier molecular flexibility index (Phi) is 5.34. The summed E-state index contributed by atoms with van der Waals surface area (Å²) >= 11 is 0. The highest BCUT2D eigenvalue weighted by molar-refractivity contribution is 5.79. The number of hydrogen-bond donors (Lipinski definition) is 2. The number of rotatable bonds is 6. The van der Waals surface area contributed by atoms with Crippen molar-refractivity contribution in [3.8, 4) is 6.07 Å². The predicted octanol–water partition coefficient (Wildman–Crippen LogP) is 1.20. The molecule has 1 aliphatic rings. The molecule has 0 aromatic carbocycles. The highest BCUT2D eigenvalue weighted by Crippen LogP contribution is 2.27. The summed E-state index contributed by atoms with van der Waals surface area (Å²) in [6.45, 7) is 2.95. The fourth-order valence-electron chi connectivity index (χ4n) is 2.75. The first-order valence-corrected chi connectivity index (χ1v) is 7.57. The van der Waals surface area contributed by atoms with Crippen LogP contribution in [0, 0.1) is 11.3 Å². The number of hydrogen-bond acceptors (Lipinski definition) is 4. The molecule has 2 N–H and O–H groups in total. The van der Waals surface area contributed by atoms with Gasteiger partial charge in [-0.3, -0.25) is 9.48 Å². The summed E-state index contributed by atoms with van der Waals surface area (Å²) in [5, 5.41) is 19.6. The fourth-order valence-corrected chi connectivity index (χ4v) is 2.75. The molecule has 114 valence electrons. The molecule has 0 spiro atoms. The lowest BCUT2D eigenvalue weighted by atomic mass is 9.83. The summed E-state index contributed by atoms with van der Waals surface area (Å²) in [4.78, 5) is 12.0. The van der Waals surface area contributed by atoms with Gasteiger partial charge in [-0.2, -0.15) is 10.4 Å². The van der Waals surface area contributed by atoms with Crippen LogP contribution in [0.2, 0.25) is 0 Å². The maximum Gasteiger partial charge on any atom is 0.235 e. The van der Waals surface area contributed by atoms with Crippen LogP contribution >= 0.6 is 0 Å². The third-order valence-electron chi connectivity index (χ3n) is 3.93. The van der Waals surface area contributed by atoms with Crippen LogP contribution < -0.4 is 10.6 Å². The summed E-state index contributed by atoms with van der Waals surface area (Å²) in [5.41, 5.74) is -0.651. The van der Waals surface area contributed by atoms with Crippen LogP contribution in [0.1, 0.15) is 39.0 Å². The third-order valence-corrected chi connectivity index (χ3v) is 3.93. The Hall–Kier alpha value is -1.87. The topological polar surface area (TPSA) is 82.7 Å². The van der Waals surface area contributed by atoms with Crippen LogP contribution in [0.25, 0.3) is 0 Å². The number of nitriles is 1. The highest BCUT2D eigenvalue weighted by Gasteiger charge is 2.33. The van der Waals surface area contributed by atoms with E-state index in [-0.39, 0.29) is 18.5 Å². The summed E-state index contributed by atoms with van der Waals surface area (Å²) in [6.07, 6.45) is 8.33. The molecule has 1 aliphatic carbocycles. The minimum Gasteiger partial charge on any atom is -0.337 e. The van der Waals surface area contributed by atoms with E-state index in [1.54, 1.807) is 6.20 Å². The molecule has 2 rings (SSSR count). The molecule has 1 atom stereocenters. The molecular formula is C15H23N5O. The Balaban J connectivity index is 1.75. The number of nitrogens with zero attached hydrogens (tertiary/aromatic N) is 3. The van der Waals surface area contributed by atoms with E-state index in [1.807, 2.05) is 23.9 Å². The van der Waals surface area contributed by atoms with Gasteiger partial charge in [0.25, 0.3) is 0 Å². The molecule has 1 amide bonds. The van der Waals surface area contributed by atoms with Gasteiger partial charge in [-0.15, -0.1) is 0 Å². The van der Waals surface area contributed by atoms with Crippen molar-refractivity contribution in [3.63, 3.8) is 0 Å². The summed E-state index contributed by atoms with van der Waals surface area (Å²) < 4.78 is 1.83. The number of aromatic nitrogens is 2. The Morgan fingerprint density at radius 2 is 2.24 bits per heavy atom. The Morgan fingerprint density at radius 1 is 1.48 bits per heavy atom. The van der Waals surface area contributed by atoms with Crippen molar-refractivity contribution in [3.05, 3.63) is 18.5 Å². The van der Waals surface area contributed by atoms with E-state index in [0.717, 1.165) is 32.1 Å². The van der Waals surface area contributed by atoms with Crippen molar-refractivity contribution < 1.29 is 4.79 Å². The van der Waals surface area contributed by atoms with Crippen molar-refractivity contribution in [2.24, 2.45) is 0 Å². The van der Waals surface area contributed by atoms with Gasteiger partial charge in [0, 0.05) is 18.4 Å². The molecule has 0 unspecified atom stereocenters. The van der Waals surface area contributed by atoms with Crippen molar-refractivity contribution in [2.75, 3.05) is 6.54 Å². The largest absolute Gasteiger partial charge is 0.337 e. The fraction of sp³-hybridized carbons (Fsp3) is 0.667. The van der Waals surface area contributed by atoms with Crippen molar-refractivity contribution in [1.29, 1.82) is 5.26 Å². The normalized spacial score (nSPS) is 18.7. The molecule has 6 heteroatoms. The lowest BCUT2D eigenvalue weighted by Crippen LogP contribution is -2.52. The van der Waals surface area contributed by atoms with Gasteiger partial charge in [-0.1, -0.05) is 19.3 Å². The highest BCUT2D eigenvalue weighted by atomic mass is 16.2. The van der Waals surface area contributed by atoms with E-state index in [9.17, 15) is 10.1 Å². The second kappa shape index (κ2) is 7.23. The zero-order valence-corrected chi connectivity index (χ0v) is 12.5. The van der Waals surface area contributed by atoms with E-state index in [1.165, 1.54) is 0 Å². The molecule has 1 fully saturated rings. The number of carbonyl (C=O) groups is 1. The molecule has 0 radical (unpaired) electrons. The van der Waals surface area contributed by atoms with Gasteiger partial charge < -0.3 is 10.6 Å². The second-order valence-electron chi connectivity index (χ2n) is 5.81. The smallest absolute Gasteiger partial charge is 0.235 e. The van der Waals surface area contributed by atoms with Crippen LogP contribution in [-0.4, -0.2) is 33.8 Å². The molecule has 0 aliphatic heterocycles. The van der Waals surface area contributed by atoms with E-state index in [0.29, 0.717) is 6.54 Å². The van der Waals surface area contributed by atoms with E-state index in [4.69, 9.17) is 0 Å². The SMILES string of the molecule is C[C@H](Cn1cccn1)NCC(=O)NC1(C#N)CCCCC1. The summed E-state index contributed by atoms with van der Waals surface area (Å²) in [5.74, 6) is -0.106. The molecule has 1 heterocycles. The van der Waals surface area contributed by atoms with Crippen molar-refractivity contribution in [2.45, 2.75) is 57.2 Å². The monoisotopic (exact) mass is 289 g/mol. The molecule has 21 heavy (non-hydrogen) atoms. The maximum absolute atomic E-state index is 12.0. The van der Waals surface area contributed by atoms with Crippen molar-refractivity contribution >= 4 is 5.91 Å². The van der Waals surface area contributed by atoms with Crippen LogP contribution in [0.4, 0.5) is 0 Å².